The number of fused-ring (bicyclic) bond motifs is 1. The summed E-state index contributed by atoms with van der Waals surface area (Å²) in [4.78, 5) is 77.8. The Morgan fingerprint density at radius 1 is 1.02 bits per heavy atom. The highest BCUT2D eigenvalue weighted by Crippen LogP contribution is 2.45. The molecule has 3 aromatic rings. The predicted molar refractivity (Wildman–Crippen MR) is 223 cm³/mol. The van der Waals surface area contributed by atoms with Gasteiger partial charge in [0.25, 0.3) is 0 Å². The van der Waals surface area contributed by atoms with Crippen LogP contribution in [0.5, 0.6) is 17.2 Å². The predicted octanol–water partition coefficient (Wildman–Crippen LogP) is 6.18. The largest absolute Gasteiger partial charge is 0.493 e. The van der Waals surface area contributed by atoms with Gasteiger partial charge in [-0.15, -0.1) is 17.9 Å². The Morgan fingerprint density at radius 2 is 1.71 bits per heavy atom. The van der Waals surface area contributed by atoms with Crippen molar-refractivity contribution in [1.82, 2.24) is 25.5 Å². The maximum atomic E-state index is 14.6. The molecule has 3 heterocycles. The topological polar surface area (TPSA) is 208 Å². The lowest BCUT2D eigenvalue weighted by Crippen LogP contribution is -2.59. The lowest BCUT2D eigenvalue weighted by atomic mass is 9.85. The summed E-state index contributed by atoms with van der Waals surface area (Å²) in [5.41, 5.74) is -2.26. The SMILES string of the molecule is C=C[C@@H]1C[C@]1(NC(=O)[C@@H]1C[C@@H](Oc2cc(-c3csc(NC(=O)CC(C)(C)C)n3)nc3c(OC)c(OC)ccc23)CN1C(=O)[C@@H](NC(=O)OC(C)(C)C)C(C)(C)C)C(=O)O. The first-order chi connectivity index (χ1) is 27.4. The highest BCUT2D eigenvalue weighted by Gasteiger charge is 2.61. The van der Waals surface area contributed by atoms with Crippen LogP contribution in [0.25, 0.3) is 22.3 Å². The number of aromatic nitrogens is 2. The Balaban J connectivity index is 1.54. The van der Waals surface area contributed by atoms with Gasteiger partial charge < -0.3 is 44.9 Å². The van der Waals surface area contributed by atoms with Gasteiger partial charge in [0.1, 0.15) is 46.3 Å². The molecule has 4 amide bonds. The van der Waals surface area contributed by atoms with Crippen LogP contribution in [0.3, 0.4) is 0 Å². The van der Waals surface area contributed by atoms with Crippen molar-refractivity contribution in [3.8, 4) is 28.6 Å². The third-order valence-corrected chi connectivity index (χ3v) is 10.7. The lowest BCUT2D eigenvalue weighted by molar-refractivity contribution is -0.146. The number of hydrogen-bond acceptors (Lipinski definition) is 12. The molecule has 16 nitrogen and oxygen atoms in total. The van der Waals surface area contributed by atoms with Gasteiger partial charge in [0.05, 0.1) is 26.5 Å². The fraction of sp³-hybridized carbons (Fsp3) is 0.548. The second kappa shape index (κ2) is 16.7. The lowest BCUT2D eigenvalue weighted by Gasteiger charge is -2.35. The number of carboxylic acid groups (broad SMARTS) is 1. The number of ether oxygens (including phenoxy) is 4. The number of nitrogens with zero attached hydrogens (tertiary/aromatic N) is 3. The van der Waals surface area contributed by atoms with Crippen LogP contribution in [0.1, 0.15) is 81.6 Å². The van der Waals surface area contributed by atoms with Crippen LogP contribution in [0.4, 0.5) is 9.93 Å². The van der Waals surface area contributed by atoms with Crippen molar-refractivity contribution in [1.29, 1.82) is 0 Å². The summed E-state index contributed by atoms with van der Waals surface area (Å²) in [6, 6.07) is 2.82. The maximum absolute atomic E-state index is 14.6. The fourth-order valence-corrected chi connectivity index (χ4v) is 7.73. The number of benzene rings is 1. The molecule has 320 valence electrons. The van der Waals surface area contributed by atoms with Gasteiger partial charge in [0, 0.05) is 35.6 Å². The average Bonchev–Trinajstić information content (AvgIpc) is 3.40. The summed E-state index contributed by atoms with van der Waals surface area (Å²) in [6.45, 7) is 20.0. The van der Waals surface area contributed by atoms with Gasteiger partial charge in [-0.1, -0.05) is 47.6 Å². The second-order valence-corrected chi connectivity index (χ2v) is 19.1. The zero-order chi connectivity index (χ0) is 43.8. The van der Waals surface area contributed by atoms with Crippen molar-refractivity contribution in [3.05, 3.63) is 36.2 Å². The molecule has 1 aliphatic heterocycles. The third-order valence-electron chi connectivity index (χ3n) is 9.93. The number of methoxy groups -OCH3 is 2. The molecule has 5 atom stereocenters. The minimum absolute atomic E-state index is 0.0254. The number of anilines is 1. The third kappa shape index (κ3) is 10.2. The zero-order valence-corrected chi connectivity index (χ0v) is 36.4. The molecule has 17 heteroatoms. The van der Waals surface area contributed by atoms with Crippen molar-refractivity contribution in [2.24, 2.45) is 16.7 Å². The number of rotatable bonds is 13. The average molecular weight is 837 g/mol. The standard InChI is InChI=1S/C42H56N6O10S/c1-13-22-18-42(22,36(52)53)47-34(50)27-16-23(20-48(27)35(51)33(40(5,6)7)46-38(54)58-41(8,9)10)57-29-17-25(43-31-24(29)14-15-28(55-11)32(31)56-12)26-21-59-37(44-26)45-30(49)19-39(2,3)4/h13-15,17,21-23,27,33H,1,16,18-20H2,2-12H3,(H,46,54)(H,47,50)(H,52,53)(H,44,45,49)/t22-,23-,27+,33-,42-/m1/s1. The fourth-order valence-electron chi connectivity index (χ4n) is 7.01. The van der Waals surface area contributed by atoms with Gasteiger partial charge in [-0.2, -0.15) is 0 Å². The molecule has 0 spiro atoms. The molecule has 0 bridgehead atoms. The van der Waals surface area contributed by atoms with E-state index in [1.807, 2.05) is 20.8 Å². The zero-order valence-electron chi connectivity index (χ0n) is 35.6. The van der Waals surface area contributed by atoms with E-state index in [1.165, 1.54) is 36.5 Å². The van der Waals surface area contributed by atoms with Crippen molar-refractivity contribution < 1.29 is 48.0 Å². The van der Waals surface area contributed by atoms with Crippen LogP contribution in [0.15, 0.2) is 36.2 Å². The molecule has 1 aliphatic carbocycles. The normalized spacial score (nSPS) is 20.9. The Bertz CT molecular complexity index is 2130. The molecule has 0 unspecified atom stereocenters. The molecule has 1 saturated heterocycles. The second-order valence-electron chi connectivity index (χ2n) is 18.3. The molecule has 2 aromatic heterocycles. The van der Waals surface area contributed by atoms with Crippen molar-refractivity contribution in [3.63, 3.8) is 0 Å². The number of carbonyl (C=O) groups excluding carboxylic acids is 4. The number of thiazole rings is 1. The minimum atomic E-state index is -1.56. The summed E-state index contributed by atoms with van der Waals surface area (Å²) in [5.74, 6) is -2.08. The molecule has 1 saturated carbocycles. The number of carbonyl (C=O) groups is 5. The summed E-state index contributed by atoms with van der Waals surface area (Å²) >= 11 is 1.24. The van der Waals surface area contributed by atoms with Gasteiger partial charge in [-0.3, -0.25) is 14.4 Å². The first kappa shape index (κ1) is 44.6. The molecule has 4 N–H and O–H groups in total. The van der Waals surface area contributed by atoms with E-state index in [0.29, 0.717) is 51.1 Å². The highest BCUT2D eigenvalue weighted by molar-refractivity contribution is 7.14. The number of alkyl carbamates (subject to hydrolysis) is 1. The van der Waals surface area contributed by atoms with Crippen molar-refractivity contribution >= 4 is 57.2 Å². The first-order valence-corrected chi connectivity index (χ1v) is 20.2. The number of carboxylic acids is 1. The molecule has 2 fully saturated rings. The van der Waals surface area contributed by atoms with Crippen LogP contribution in [-0.4, -0.2) is 99.9 Å². The minimum Gasteiger partial charge on any atom is -0.493 e. The van der Waals surface area contributed by atoms with Gasteiger partial charge in [0.15, 0.2) is 16.6 Å². The Morgan fingerprint density at radius 3 is 2.27 bits per heavy atom. The summed E-state index contributed by atoms with van der Waals surface area (Å²) in [6.07, 6.45) is 0.292. The highest BCUT2D eigenvalue weighted by atomic mass is 32.1. The van der Waals surface area contributed by atoms with Gasteiger partial charge in [-0.05, 0) is 50.2 Å². The molecular weight excluding hydrogens is 781 g/mol. The van der Waals surface area contributed by atoms with Crippen LogP contribution in [-0.2, 0) is 23.9 Å². The molecule has 5 rings (SSSR count). The number of likely N-dealkylation sites (tertiary alicyclic amines) is 1. The van der Waals surface area contributed by atoms with Crippen LogP contribution >= 0.6 is 11.3 Å². The van der Waals surface area contributed by atoms with E-state index >= 15 is 0 Å². The van der Waals surface area contributed by atoms with Crippen LogP contribution in [0.2, 0.25) is 0 Å². The Hall–Kier alpha value is -5.45. The molecule has 1 aromatic carbocycles. The number of amides is 4. The van der Waals surface area contributed by atoms with E-state index in [4.69, 9.17) is 23.9 Å². The molecular formula is C42H56N6O10S. The molecule has 59 heavy (non-hydrogen) atoms. The first-order valence-electron chi connectivity index (χ1n) is 19.4. The molecule has 2 aliphatic rings. The number of nitrogens with one attached hydrogen (secondary N) is 3. The van der Waals surface area contributed by atoms with Crippen LogP contribution < -0.4 is 30.2 Å². The number of pyridine rings is 1. The van der Waals surface area contributed by atoms with Gasteiger partial charge in [-0.25, -0.2) is 19.6 Å². The number of aliphatic carboxylic acids is 1. The smallest absolute Gasteiger partial charge is 0.408 e. The van der Waals surface area contributed by atoms with Crippen molar-refractivity contribution in [2.45, 2.75) is 111 Å². The van der Waals surface area contributed by atoms with E-state index in [2.05, 4.69) is 27.5 Å². The van der Waals surface area contributed by atoms with Crippen LogP contribution in [0, 0.1) is 16.7 Å². The van der Waals surface area contributed by atoms with E-state index in [1.54, 1.807) is 65.1 Å². The number of hydrogen-bond donors (Lipinski definition) is 4. The summed E-state index contributed by atoms with van der Waals surface area (Å²) in [5, 5.41) is 21.1. The van der Waals surface area contributed by atoms with E-state index in [9.17, 15) is 29.1 Å². The van der Waals surface area contributed by atoms with Gasteiger partial charge >= 0.3 is 12.1 Å². The van der Waals surface area contributed by atoms with E-state index < -0.39 is 64.5 Å². The Kier molecular flexibility index (Phi) is 12.6. The van der Waals surface area contributed by atoms with Crippen molar-refractivity contribution in [2.75, 3.05) is 26.1 Å². The van der Waals surface area contributed by atoms with E-state index in [0.717, 1.165) is 0 Å². The summed E-state index contributed by atoms with van der Waals surface area (Å²) in [7, 11) is 2.99. The maximum Gasteiger partial charge on any atom is 0.408 e. The quantitative estimate of drug-likeness (QED) is 0.142. The monoisotopic (exact) mass is 836 g/mol. The molecule has 0 radical (unpaired) electrons. The summed E-state index contributed by atoms with van der Waals surface area (Å²) < 4.78 is 23.5. The van der Waals surface area contributed by atoms with E-state index in [-0.39, 0.29) is 30.7 Å². The van der Waals surface area contributed by atoms with Gasteiger partial charge in [0.2, 0.25) is 17.7 Å². The Labute approximate surface area is 348 Å².